The lowest BCUT2D eigenvalue weighted by Crippen LogP contribution is -2.18. The molecule has 0 aliphatic heterocycles. The van der Waals surface area contributed by atoms with E-state index >= 15 is 0 Å². The average molecular weight is 533 g/mol. The van der Waals surface area contributed by atoms with Gasteiger partial charge in [-0.1, -0.05) is 28.1 Å². The maximum Gasteiger partial charge on any atom is 0.337 e. The lowest BCUT2D eigenvalue weighted by atomic mass is 10.1. The van der Waals surface area contributed by atoms with Crippen LogP contribution in [0.4, 0.5) is 0 Å². The molecule has 172 valence electrons. The first-order valence-corrected chi connectivity index (χ1v) is 11.9. The number of sulfonamides is 1. The third kappa shape index (κ3) is 6.56. The van der Waals surface area contributed by atoms with Crippen LogP contribution < -0.4 is 14.3 Å². The van der Waals surface area contributed by atoms with E-state index in [0.717, 1.165) is 10.0 Å². The number of carbonyl (C=O) groups excluding carboxylic acids is 1. The Bertz CT molecular complexity index is 1240. The molecule has 3 rings (SSSR count). The van der Waals surface area contributed by atoms with Gasteiger partial charge >= 0.3 is 5.97 Å². The Morgan fingerprint density at radius 2 is 1.70 bits per heavy atom. The summed E-state index contributed by atoms with van der Waals surface area (Å²) in [6, 6.07) is 18.2. The molecule has 0 aliphatic carbocycles. The molecule has 3 aromatic rings. The summed E-state index contributed by atoms with van der Waals surface area (Å²) in [5.74, 6) is 0.559. The quantitative estimate of drug-likeness (QED) is 0.252. The normalized spacial score (nSPS) is 11.2. The molecule has 3 aromatic carbocycles. The number of hydrogen-bond acceptors (Lipinski definition) is 7. The van der Waals surface area contributed by atoms with Crippen molar-refractivity contribution < 1.29 is 27.4 Å². The van der Waals surface area contributed by atoms with Crippen LogP contribution in [0, 0.1) is 0 Å². The first-order valence-electron chi connectivity index (χ1n) is 9.61. The first-order chi connectivity index (χ1) is 15.8. The van der Waals surface area contributed by atoms with Gasteiger partial charge in [0.15, 0.2) is 11.5 Å². The van der Waals surface area contributed by atoms with E-state index in [-0.39, 0.29) is 11.5 Å². The number of halogens is 1. The first kappa shape index (κ1) is 24.3. The lowest BCUT2D eigenvalue weighted by molar-refractivity contribution is 0.0600. The van der Waals surface area contributed by atoms with Gasteiger partial charge in [-0.15, -0.1) is 0 Å². The number of ether oxygens (including phenoxy) is 3. The molecule has 0 bridgehead atoms. The van der Waals surface area contributed by atoms with E-state index in [0.29, 0.717) is 22.6 Å². The summed E-state index contributed by atoms with van der Waals surface area (Å²) in [6.07, 6.45) is 1.37. The molecule has 0 amide bonds. The fourth-order valence-electron chi connectivity index (χ4n) is 2.74. The van der Waals surface area contributed by atoms with E-state index in [1.54, 1.807) is 54.6 Å². The van der Waals surface area contributed by atoms with E-state index in [1.807, 2.05) is 0 Å². The largest absolute Gasteiger partial charge is 0.493 e. The summed E-state index contributed by atoms with van der Waals surface area (Å²) in [5.41, 5.74) is 1.93. The highest BCUT2D eigenvalue weighted by atomic mass is 79.9. The van der Waals surface area contributed by atoms with E-state index in [1.165, 1.54) is 32.6 Å². The van der Waals surface area contributed by atoms with Crippen LogP contribution in [0.5, 0.6) is 11.5 Å². The second-order valence-electron chi connectivity index (χ2n) is 6.69. The van der Waals surface area contributed by atoms with Gasteiger partial charge in [0.25, 0.3) is 10.0 Å². The van der Waals surface area contributed by atoms with Gasteiger partial charge in [0.05, 0.1) is 30.9 Å². The predicted octanol–water partition coefficient (Wildman–Crippen LogP) is 4.14. The minimum Gasteiger partial charge on any atom is -0.493 e. The minimum absolute atomic E-state index is 0.101. The van der Waals surface area contributed by atoms with Crippen molar-refractivity contribution in [3.63, 3.8) is 0 Å². The molecule has 0 saturated carbocycles. The molecule has 0 aliphatic rings. The summed E-state index contributed by atoms with van der Waals surface area (Å²) < 4.78 is 41.2. The topological polar surface area (TPSA) is 103 Å². The smallest absolute Gasteiger partial charge is 0.337 e. The van der Waals surface area contributed by atoms with Crippen LogP contribution in [0.25, 0.3) is 0 Å². The molecule has 1 N–H and O–H groups in total. The van der Waals surface area contributed by atoms with Crippen molar-refractivity contribution in [3.05, 3.63) is 87.9 Å². The van der Waals surface area contributed by atoms with Crippen LogP contribution in [0.3, 0.4) is 0 Å². The van der Waals surface area contributed by atoms with Crippen molar-refractivity contribution in [1.82, 2.24) is 4.83 Å². The maximum absolute atomic E-state index is 12.3. The Kier molecular flexibility index (Phi) is 8.07. The monoisotopic (exact) mass is 532 g/mol. The van der Waals surface area contributed by atoms with Crippen molar-refractivity contribution in [2.24, 2.45) is 5.10 Å². The third-order valence-corrected chi connectivity index (χ3v) is 6.23. The molecule has 0 spiro atoms. The molecular weight excluding hydrogens is 512 g/mol. The molecule has 0 heterocycles. The number of hydrogen-bond donors (Lipinski definition) is 1. The Labute approximate surface area is 200 Å². The number of hydrazone groups is 1. The van der Waals surface area contributed by atoms with Crippen molar-refractivity contribution >= 4 is 38.1 Å². The predicted molar refractivity (Wildman–Crippen MR) is 127 cm³/mol. The number of rotatable bonds is 9. The van der Waals surface area contributed by atoms with Gasteiger partial charge < -0.3 is 14.2 Å². The van der Waals surface area contributed by atoms with Crippen LogP contribution in [0.1, 0.15) is 21.5 Å². The van der Waals surface area contributed by atoms with Crippen molar-refractivity contribution in [3.8, 4) is 11.5 Å². The van der Waals surface area contributed by atoms with Crippen molar-refractivity contribution in [2.75, 3.05) is 14.2 Å². The van der Waals surface area contributed by atoms with Gasteiger partial charge in [-0.25, -0.2) is 9.63 Å². The summed E-state index contributed by atoms with van der Waals surface area (Å²) in [6.45, 7) is 0.262. The van der Waals surface area contributed by atoms with E-state index in [2.05, 4.69) is 30.6 Å². The van der Waals surface area contributed by atoms with Crippen LogP contribution in [-0.2, 0) is 21.4 Å². The highest BCUT2D eigenvalue weighted by Gasteiger charge is 2.12. The van der Waals surface area contributed by atoms with Crippen LogP contribution in [0.15, 0.2) is 81.2 Å². The number of nitrogens with zero attached hydrogens (tertiary/aromatic N) is 1. The number of esters is 1. The minimum atomic E-state index is -3.77. The number of benzene rings is 3. The summed E-state index contributed by atoms with van der Waals surface area (Å²) in [7, 11) is -0.939. The van der Waals surface area contributed by atoms with Gasteiger partial charge in [0.2, 0.25) is 0 Å². The highest BCUT2D eigenvalue weighted by Crippen LogP contribution is 2.28. The molecule has 33 heavy (non-hydrogen) atoms. The molecule has 8 nitrogen and oxygen atoms in total. The average Bonchev–Trinajstić information content (AvgIpc) is 2.83. The summed E-state index contributed by atoms with van der Waals surface area (Å²) >= 11 is 3.27. The summed E-state index contributed by atoms with van der Waals surface area (Å²) in [4.78, 5) is 13.8. The molecule has 0 fully saturated rings. The zero-order chi connectivity index (χ0) is 23.8. The second-order valence-corrected chi connectivity index (χ2v) is 9.27. The van der Waals surface area contributed by atoms with Crippen LogP contribution >= 0.6 is 15.9 Å². The van der Waals surface area contributed by atoms with Gasteiger partial charge in [-0.05, 0) is 65.7 Å². The lowest BCUT2D eigenvalue weighted by Gasteiger charge is -2.11. The molecule has 10 heteroatoms. The Morgan fingerprint density at radius 3 is 2.33 bits per heavy atom. The zero-order valence-electron chi connectivity index (χ0n) is 17.8. The Balaban J connectivity index is 1.64. The van der Waals surface area contributed by atoms with Crippen LogP contribution in [-0.4, -0.2) is 34.8 Å². The molecular formula is C23H21BrN2O6S. The fourth-order valence-corrected chi connectivity index (χ4v) is 3.79. The third-order valence-electron chi connectivity index (χ3n) is 4.47. The number of carbonyl (C=O) groups is 1. The van der Waals surface area contributed by atoms with Crippen LogP contribution in [0.2, 0.25) is 0 Å². The van der Waals surface area contributed by atoms with Crippen molar-refractivity contribution in [1.29, 1.82) is 0 Å². The van der Waals surface area contributed by atoms with Gasteiger partial charge in [-0.3, -0.25) is 0 Å². The van der Waals surface area contributed by atoms with Gasteiger partial charge in [-0.2, -0.15) is 13.5 Å². The highest BCUT2D eigenvalue weighted by molar-refractivity contribution is 9.10. The maximum atomic E-state index is 12.3. The van der Waals surface area contributed by atoms with E-state index < -0.39 is 16.0 Å². The SMILES string of the molecule is COC(=O)c1ccc(COc2ccc(/C=N\NS(=O)(=O)c3ccc(Br)cc3)cc2OC)cc1. The van der Waals surface area contributed by atoms with Crippen molar-refractivity contribution in [2.45, 2.75) is 11.5 Å². The molecule has 0 atom stereocenters. The molecule has 0 unspecified atom stereocenters. The Morgan fingerprint density at radius 1 is 1.00 bits per heavy atom. The van der Waals surface area contributed by atoms with Gasteiger partial charge in [0.1, 0.15) is 6.61 Å². The standard InChI is InChI=1S/C23H21BrN2O6S/c1-30-22-13-17(14-25-26-33(28,29)20-10-8-19(24)9-11-20)5-12-21(22)32-15-16-3-6-18(7-4-16)23(27)31-2/h3-14,26H,15H2,1-2H3/b25-14-. The zero-order valence-corrected chi connectivity index (χ0v) is 20.2. The molecule has 0 aromatic heterocycles. The molecule has 0 radical (unpaired) electrons. The molecule has 0 saturated heterocycles. The Hall–Kier alpha value is -3.37. The van der Waals surface area contributed by atoms with Gasteiger partial charge in [0, 0.05) is 4.47 Å². The number of methoxy groups -OCH3 is 2. The van der Waals surface area contributed by atoms with E-state index in [4.69, 9.17) is 9.47 Å². The fraction of sp³-hybridized carbons (Fsp3) is 0.130. The van der Waals surface area contributed by atoms with E-state index in [9.17, 15) is 13.2 Å². The summed E-state index contributed by atoms with van der Waals surface area (Å²) in [5, 5.41) is 3.83. The number of nitrogens with one attached hydrogen (secondary N) is 1. The second kappa shape index (κ2) is 11.0.